The third kappa shape index (κ3) is 3.63. The number of rotatable bonds is 3. The van der Waals surface area contributed by atoms with E-state index in [1.165, 1.54) is 17.2 Å². The molecule has 2 N–H and O–H groups in total. The highest BCUT2D eigenvalue weighted by Gasteiger charge is 2.37. The molecule has 0 bridgehead atoms. The zero-order valence-corrected chi connectivity index (χ0v) is 20.3. The number of pyridine rings is 1. The lowest BCUT2D eigenvalue weighted by molar-refractivity contribution is -0.142. The number of carbonyl (C=O) groups is 1. The highest BCUT2D eigenvalue weighted by Crippen LogP contribution is 2.46. The molecule has 0 saturated carbocycles. The van der Waals surface area contributed by atoms with E-state index in [1.54, 1.807) is 17.2 Å². The fourth-order valence-electron chi connectivity index (χ4n) is 5.89. The monoisotopic (exact) mass is 475 g/mol. The van der Waals surface area contributed by atoms with E-state index in [0.717, 1.165) is 40.1 Å². The third-order valence-electron chi connectivity index (χ3n) is 7.60. The fraction of sp³-hybridized carbons (Fsp3) is 0.407. The number of amides is 1. The molecule has 35 heavy (non-hydrogen) atoms. The summed E-state index contributed by atoms with van der Waals surface area (Å²) in [4.78, 5) is 26.9. The minimum atomic E-state index is -0.384. The van der Waals surface area contributed by atoms with Crippen molar-refractivity contribution in [2.45, 2.75) is 26.5 Å². The molecule has 0 spiro atoms. The third-order valence-corrected chi connectivity index (χ3v) is 7.60. The fourth-order valence-corrected chi connectivity index (χ4v) is 5.89. The Bertz CT molecular complexity index is 1370. The Hall–Kier alpha value is -3.23. The van der Waals surface area contributed by atoms with E-state index >= 15 is 0 Å². The van der Waals surface area contributed by atoms with Crippen LogP contribution in [0, 0.1) is 11.2 Å². The molecule has 6 rings (SSSR count). The molecule has 0 unspecified atom stereocenters. The van der Waals surface area contributed by atoms with Crippen LogP contribution in [0.1, 0.15) is 25.1 Å². The zero-order valence-electron chi connectivity index (χ0n) is 20.3. The van der Waals surface area contributed by atoms with Gasteiger partial charge >= 0.3 is 0 Å². The summed E-state index contributed by atoms with van der Waals surface area (Å²) < 4.78 is 14.2. The number of hydrogen-bond acceptors (Lipinski definition) is 5. The summed E-state index contributed by atoms with van der Waals surface area (Å²) in [5.41, 5.74) is 6.93. The number of nitrogens with one attached hydrogen (secondary N) is 1. The largest absolute Gasteiger partial charge is 0.389 e. The van der Waals surface area contributed by atoms with Gasteiger partial charge in [-0.2, -0.15) is 0 Å². The number of fused-ring (bicyclic) bond motifs is 2. The Morgan fingerprint density at radius 1 is 1.26 bits per heavy atom. The summed E-state index contributed by atoms with van der Waals surface area (Å²) in [7, 11) is 2.04. The summed E-state index contributed by atoms with van der Waals surface area (Å²) in [6.07, 6.45) is 3.62. The molecule has 3 aliphatic rings. The average Bonchev–Trinajstić information content (AvgIpc) is 3.08. The second kappa shape index (κ2) is 7.90. The molecule has 1 amide bonds. The van der Waals surface area contributed by atoms with E-state index in [2.05, 4.69) is 39.7 Å². The topological polar surface area (TPSA) is 75.7 Å². The number of H-pyrrole nitrogens is 1. The van der Waals surface area contributed by atoms with Crippen LogP contribution in [-0.2, 0) is 11.3 Å². The van der Waals surface area contributed by atoms with Crippen LogP contribution in [0.4, 0.5) is 10.1 Å². The number of aliphatic hydroxyl groups excluding tert-OH is 1. The van der Waals surface area contributed by atoms with Gasteiger partial charge in [0.25, 0.3) is 0 Å². The first-order valence-electron chi connectivity index (χ1n) is 12.1. The Balaban J connectivity index is 1.38. The first-order chi connectivity index (χ1) is 16.7. The number of aromatic amines is 1. The summed E-state index contributed by atoms with van der Waals surface area (Å²) in [6.45, 7) is 7.75. The molecule has 8 heteroatoms. The molecule has 182 valence electrons. The summed E-state index contributed by atoms with van der Waals surface area (Å²) in [5.74, 6) is -0.180. The maximum atomic E-state index is 14.2. The van der Waals surface area contributed by atoms with Gasteiger partial charge in [0.2, 0.25) is 5.91 Å². The number of β-amino-alcohol motifs (C(OH)–C–C–N with tert-alkyl or cyclic N) is 1. The van der Waals surface area contributed by atoms with Gasteiger partial charge < -0.3 is 19.9 Å². The molecule has 3 aliphatic heterocycles. The van der Waals surface area contributed by atoms with Crippen molar-refractivity contribution in [1.29, 1.82) is 0 Å². The lowest BCUT2D eigenvalue weighted by Gasteiger charge is -2.41. The van der Waals surface area contributed by atoms with Gasteiger partial charge in [-0.05, 0) is 35.4 Å². The smallest absolute Gasteiger partial charge is 0.236 e. The highest BCUT2D eigenvalue weighted by molar-refractivity contribution is 6.03. The molecule has 3 aromatic rings. The second-order valence-electron chi connectivity index (χ2n) is 10.7. The maximum Gasteiger partial charge on any atom is 0.236 e. The van der Waals surface area contributed by atoms with Crippen LogP contribution >= 0.6 is 0 Å². The van der Waals surface area contributed by atoms with Crippen molar-refractivity contribution in [2.75, 3.05) is 44.7 Å². The van der Waals surface area contributed by atoms with Gasteiger partial charge in [-0.3, -0.25) is 9.69 Å². The number of hydrogen-bond donors (Lipinski definition) is 2. The molecule has 1 aromatic carbocycles. The molecule has 0 aliphatic carbocycles. The van der Waals surface area contributed by atoms with Crippen LogP contribution in [0.15, 0.2) is 36.5 Å². The first kappa shape index (κ1) is 22.2. The zero-order chi connectivity index (χ0) is 24.5. The van der Waals surface area contributed by atoms with Gasteiger partial charge in [0.05, 0.1) is 12.6 Å². The highest BCUT2D eigenvalue weighted by atomic mass is 19.1. The lowest BCUT2D eigenvalue weighted by Crippen LogP contribution is -2.56. The van der Waals surface area contributed by atoms with Crippen molar-refractivity contribution in [2.24, 2.45) is 5.41 Å². The predicted molar refractivity (Wildman–Crippen MR) is 134 cm³/mol. The lowest BCUT2D eigenvalue weighted by atomic mass is 9.78. The number of halogens is 1. The molecule has 1 fully saturated rings. The summed E-state index contributed by atoms with van der Waals surface area (Å²) in [5, 5.41) is 10.6. The van der Waals surface area contributed by atoms with E-state index in [4.69, 9.17) is 0 Å². The van der Waals surface area contributed by atoms with Gasteiger partial charge in [-0.25, -0.2) is 9.37 Å². The maximum absolute atomic E-state index is 14.2. The number of benzene rings is 1. The molecule has 0 radical (unpaired) electrons. The van der Waals surface area contributed by atoms with Gasteiger partial charge in [-0.1, -0.05) is 19.9 Å². The first-order valence-corrected chi connectivity index (χ1v) is 12.1. The number of aromatic nitrogens is 2. The van der Waals surface area contributed by atoms with Crippen molar-refractivity contribution >= 4 is 28.2 Å². The van der Waals surface area contributed by atoms with E-state index in [1.807, 2.05) is 19.2 Å². The van der Waals surface area contributed by atoms with Crippen LogP contribution in [-0.4, -0.2) is 76.7 Å². The quantitative estimate of drug-likeness (QED) is 0.608. The van der Waals surface area contributed by atoms with Gasteiger partial charge in [-0.15, -0.1) is 0 Å². The Morgan fingerprint density at radius 2 is 2.06 bits per heavy atom. The van der Waals surface area contributed by atoms with Gasteiger partial charge in [0.1, 0.15) is 11.5 Å². The number of nitrogens with zero attached hydrogens (tertiary/aromatic N) is 4. The summed E-state index contributed by atoms with van der Waals surface area (Å²) in [6, 6.07) is 6.95. The minimum Gasteiger partial charge on any atom is -0.389 e. The van der Waals surface area contributed by atoms with E-state index in [0.29, 0.717) is 32.7 Å². The van der Waals surface area contributed by atoms with E-state index in [9.17, 15) is 14.3 Å². The number of carbonyl (C=O) groups excluding carboxylic acids is 1. The second-order valence-corrected chi connectivity index (χ2v) is 10.7. The van der Waals surface area contributed by atoms with Crippen LogP contribution in [0.25, 0.3) is 27.7 Å². The van der Waals surface area contributed by atoms with E-state index < -0.39 is 0 Å². The molecule has 0 atom stereocenters. The van der Waals surface area contributed by atoms with Gasteiger partial charge in [0.15, 0.2) is 0 Å². The van der Waals surface area contributed by atoms with Crippen molar-refractivity contribution in [1.82, 2.24) is 19.8 Å². The molecule has 5 heterocycles. The molecule has 1 saturated heterocycles. The van der Waals surface area contributed by atoms with Crippen molar-refractivity contribution in [3.8, 4) is 11.1 Å². The van der Waals surface area contributed by atoms with Gasteiger partial charge in [0, 0.05) is 79.3 Å². The van der Waals surface area contributed by atoms with Crippen molar-refractivity contribution in [3.63, 3.8) is 0 Å². The minimum absolute atomic E-state index is 0.0700. The summed E-state index contributed by atoms with van der Waals surface area (Å²) >= 11 is 0. The number of anilines is 1. The normalized spacial score (nSPS) is 19.9. The molecule has 7 nitrogen and oxygen atoms in total. The average molecular weight is 476 g/mol. The van der Waals surface area contributed by atoms with Crippen LogP contribution in [0.2, 0.25) is 0 Å². The van der Waals surface area contributed by atoms with Crippen LogP contribution in [0.5, 0.6) is 0 Å². The number of likely N-dealkylation sites (tertiary alicyclic amines) is 1. The molecule has 2 aromatic heterocycles. The molecular weight excluding hydrogens is 445 g/mol. The Labute approximate surface area is 203 Å². The van der Waals surface area contributed by atoms with Crippen molar-refractivity contribution < 1.29 is 14.3 Å². The van der Waals surface area contributed by atoms with Crippen molar-refractivity contribution in [3.05, 3.63) is 53.6 Å². The standard InChI is InChI=1S/C27H30FN5O2/c1-27(2)15-32(14-23(35)33-11-17(34)12-33)9-7-21(27)25-20-13-31(3)22-5-4-16(28)10-19(22)18-6-8-29-26(30-25)24(18)20/h4-8,10,17,34H,9,11-15H2,1-3H3,(H,29,30). The van der Waals surface area contributed by atoms with Crippen LogP contribution < -0.4 is 4.90 Å². The Kier molecular flexibility index (Phi) is 5.02. The number of aliphatic hydroxyl groups is 1. The van der Waals surface area contributed by atoms with Crippen LogP contribution in [0.3, 0.4) is 0 Å². The predicted octanol–water partition coefficient (Wildman–Crippen LogP) is 3.25. The Morgan fingerprint density at radius 3 is 2.80 bits per heavy atom. The van der Waals surface area contributed by atoms with E-state index in [-0.39, 0.29) is 23.2 Å². The SMILES string of the molecule is CN1Cc2c(C3=CCN(CC(=O)N4CC(O)C4)CC3(C)C)[nH]c3nccc(c23)-c2cc(F)ccc21. The molecular formula is C27H30FN5O2.